The van der Waals surface area contributed by atoms with Crippen molar-refractivity contribution in [1.29, 1.82) is 0 Å². The molecule has 2 rings (SSSR count). The molecule has 0 unspecified atom stereocenters. The second-order valence-electron chi connectivity index (χ2n) is 4.69. The maximum atomic E-state index is 5.54. The molecule has 4 N–H and O–H groups in total. The van der Waals surface area contributed by atoms with E-state index in [4.69, 9.17) is 11.7 Å². The largest absolute Gasteiger partial charge is 0.323 e. The molecule has 0 radical (unpaired) electrons. The first-order chi connectivity index (χ1) is 9.65. The Hall–Kier alpha value is -2.62. The Balaban J connectivity index is 2.44. The van der Waals surface area contributed by atoms with E-state index in [-0.39, 0.29) is 0 Å². The van der Waals surface area contributed by atoms with Gasteiger partial charge in [-0.15, -0.1) is 0 Å². The van der Waals surface area contributed by atoms with Gasteiger partial charge in [-0.2, -0.15) is 10.2 Å². The molecule has 0 heterocycles. The molecule has 0 saturated carbocycles. The summed E-state index contributed by atoms with van der Waals surface area (Å²) in [7, 11) is 0. The first-order valence-corrected chi connectivity index (χ1v) is 6.36. The third-order valence-corrected chi connectivity index (χ3v) is 3.13. The molecule has 0 amide bonds. The molecule has 0 atom stereocenters. The molecule has 20 heavy (non-hydrogen) atoms. The zero-order valence-electron chi connectivity index (χ0n) is 11.7. The van der Waals surface area contributed by atoms with Crippen molar-refractivity contribution in [3.8, 4) is 0 Å². The number of hydrogen-bond donors (Lipinski definition) is 2. The fourth-order valence-electron chi connectivity index (χ4n) is 1.97. The fourth-order valence-corrected chi connectivity index (χ4v) is 1.97. The van der Waals surface area contributed by atoms with E-state index in [1.54, 1.807) is 0 Å². The van der Waals surface area contributed by atoms with Crippen molar-refractivity contribution in [2.24, 2.45) is 21.9 Å². The highest BCUT2D eigenvalue weighted by molar-refractivity contribution is 6.53. The predicted octanol–water partition coefficient (Wildman–Crippen LogP) is 2.33. The molecule has 0 spiro atoms. The number of rotatable bonds is 3. The van der Waals surface area contributed by atoms with Gasteiger partial charge >= 0.3 is 0 Å². The van der Waals surface area contributed by atoms with Gasteiger partial charge in [0, 0.05) is 11.1 Å². The van der Waals surface area contributed by atoms with Crippen LogP contribution in [0, 0.1) is 13.8 Å². The molecule has 4 nitrogen and oxygen atoms in total. The molecule has 0 bridgehead atoms. The maximum absolute atomic E-state index is 5.54. The van der Waals surface area contributed by atoms with Crippen LogP contribution in [0.4, 0.5) is 0 Å². The zero-order chi connectivity index (χ0) is 14.5. The number of hydrazone groups is 2. The van der Waals surface area contributed by atoms with E-state index in [0.29, 0.717) is 11.4 Å². The monoisotopic (exact) mass is 266 g/mol. The smallest absolute Gasteiger partial charge is 0.118 e. The number of hydrogen-bond acceptors (Lipinski definition) is 4. The van der Waals surface area contributed by atoms with Crippen LogP contribution in [0.2, 0.25) is 0 Å². The predicted molar refractivity (Wildman–Crippen MR) is 83.8 cm³/mol. The van der Waals surface area contributed by atoms with Gasteiger partial charge in [0.1, 0.15) is 11.4 Å². The van der Waals surface area contributed by atoms with Gasteiger partial charge in [-0.3, -0.25) is 0 Å². The van der Waals surface area contributed by atoms with Crippen LogP contribution >= 0.6 is 0 Å². The Kier molecular flexibility index (Phi) is 4.15. The van der Waals surface area contributed by atoms with E-state index >= 15 is 0 Å². The van der Waals surface area contributed by atoms with Crippen LogP contribution in [0.5, 0.6) is 0 Å². The number of nitrogens with two attached hydrogens (primary N) is 2. The van der Waals surface area contributed by atoms with Gasteiger partial charge in [0.05, 0.1) is 0 Å². The van der Waals surface area contributed by atoms with Crippen molar-refractivity contribution in [1.82, 2.24) is 0 Å². The summed E-state index contributed by atoms with van der Waals surface area (Å²) in [6.07, 6.45) is 0. The van der Waals surface area contributed by atoms with Gasteiger partial charge < -0.3 is 11.7 Å². The van der Waals surface area contributed by atoms with Gasteiger partial charge in [-0.25, -0.2) is 0 Å². The second kappa shape index (κ2) is 6.02. The van der Waals surface area contributed by atoms with E-state index < -0.39 is 0 Å². The van der Waals surface area contributed by atoms with Crippen molar-refractivity contribution in [3.63, 3.8) is 0 Å². The maximum Gasteiger partial charge on any atom is 0.118 e. The third-order valence-electron chi connectivity index (χ3n) is 3.13. The van der Waals surface area contributed by atoms with Gasteiger partial charge in [0.2, 0.25) is 0 Å². The van der Waals surface area contributed by atoms with Gasteiger partial charge in [0.15, 0.2) is 0 Å². The molecule has 0 aliphatic carbocycles. The van der Waals surface area contributed by atoms with Crippen molar-refractivity contribution in [2.45, 2.75) is 13.8 Å². The summed E-state index contributed by atoms with van der Waals surface area (Å²) in [5.41, 5.74) is 5.29. The average molecular weight is 266 g/mol. The van der Waals surface area contributed by atoms with E-state index in [2.05, 4.69) is 10.2 Å². The number of nitrogens with zero attached hydrogens (tertiary/aromatic N) is 2. The topological polar surface area (TPSA) is 76.8 Å². The Morgan fingerprint density at radius 1 is 0.650 bits per heavy atom. The lowest BCUT2D eigenvalue weighted by Crippen LogP contribution is -2.20. The van der Waals surface area contributed by atoms with E-state index in [0.717, 1.165) is 11.1 Å². The van der Waals surface area contributed by atoms with Crippen LogP contribution in [0.25, 0.3) is 0 Å². The highest BCUT2D eigenvalue weighted by Gasteiger charge is 2.14. The highest BCUT2D eigenvalue weighted by Crippen LogP contribution is 2.11. The van der Waals surface area contributed by atoms with Crippen LogP contribution in [0.15, 0.2) is 58.7 Å². The quantitative estimate of drug-likeness (QED) is 0.508. The first kappa shape index (κ1) is 13.8. The molecular formula is C16H18N4. The molecule has 0 aromatic heterocycles. The minimum Gasteiger partial charge on any atom is -0.323 e. The standard InChI is InChI=1S/C16H18N4/c1-11-3-7-13(8-4-11)15(19-17)16(20-18)14-9-5-12(2)6-10-14/h3-10H,17-18H2,1-2H3/b19-15-,20-16+. The minimum absolute atomic E-state index is 0.580. The van der Waals surface area contributed by atoms with Crippen LogP contribution in [0.1, 0.15) is 22.3 Å². The molecular weight excluding hydrogens is 248 g/mol. The van der Waals surface area contributed by atoms with Crippen molar-refractivity contribution >= 4 is 11.4 Å². The zero-order valence-corrected chi connectivity index (χ0v) is 11.7. The van der Waals surface area contributed by atoms with E-state index in [1.807, 2.05) is 62.4 Å². The fraction of sp³-hybridized carbons (Fsp3) is 0.125. The summed E-state index contributed by atoms with van der Waals surface area (Å²) in [5.74, 6) is 11.1. The summed E-state index contributed by atoms with van der Waals surface area (Å²) in [6, 6.07) is 15.8. The van der Waals surface area contributed by atoms with Gasteiger partial charge in [0.25, 0.3) is 0 Å². The number of benzene rings is 2. The van der Waals surface area contributed by atoms with Crippen molar-refractivity contribution in [3.05, 3.63) is 70.8 Å². The Labute approximate surface area is 118 Å². The lowest BCUT2D eigenvalue weighted by Gasteiger charge is -2.09. The summed E-state index contributed by atoms with van der Waals surface area (Å²) in [6.45, 7) is 4.06. The van der Waals surface area contributed by atoms with Gasteiger partial charge in [-0.1, -0.05) is 59.7 Å². The van der Waals surface area contributed by atoms with Crippen LogP contribution in [-0.2, 0) is 0 Å². The molecule has 102 valence electrons. The molecule has 0 aliphatic heterocycles. The normalized spacial score (nSPS) is 12.5. The van der Waals surface area contributed by atoms with Crippen molar-refractivity contribution in [2.75, 3.05) is 0 Å². The minimum atomic E-state index is 0.580. The third kappa shape index (κ3) is 2.85. The van der Waals surface area contributed by atoms with Crippen LogP contribution < -0.4 is 11.7 Å². The Morgan fingerprint density at radius 3 is 1.20 bits per heavy atom. The summed E-state index contributed by atoms with van der Waals surface area (Å²) in [4.78, 5) is 0. The molecule has 0 fully saturated rings. The summed E-state index contributed by atoms with van der Waals surface area (Å²) < 4.78 is 0. The van der Waals surface area contributed by atoms with Gasteiger partial charge in [-0.05, 0) is 13.8 Å². The Bertz CT molecular complexity index is 578. The van der Waals surface area contributed by atoms with E-state index in [9.17, 15) is 0 Å². The van der Waals surface area contributed by atoms with Crippen LogP contribution in [0.3, 0.4) is 0 Å². The SMILES string of the molecule is Cc1ccc(C(=N/N)/C(=N/N)c2ccc(C)cc2)cc1. The lowest BCUT2D eigenvalue weighted by molar-refractivity contribution is 1.23. The van der Waals surface area contributed by atoms with E-state index in [1.165, 1.54) is 11.1 Å². The molecule has 0 saturated heterocycles. The van der Waals surface area contributed by atoms with Crippen molar-refractivity contribution < 1.29 is 0 Å². The lowest BCUT2D eigenvalue weighted by atomic mass is 9.98. The summed E-state index contributed by atoms with van der Waals surface area (Å²) >= 11 is 0. The Morgan fingerprint density at radius 2 is 0.950 bits per heavy atom. The number of aryl methyl sites for hydroxylation is 2. The second-order valence-corrected chi connectivity index (χ2v) is 4.69. The highest BCUT2D eigenvalue weighted by atomic mass is 15.2. The summed E-state index contributed by atoms with van der Waals surface area (Å²) in [5, 5.41) is 7.73. The molecule has 4 heteroatoms. The molecule has 0 aliphatic rings. The molecule has 2 aromatic rings. The van der Waals surface area contributed by atoms with Crippen LogP contribution in [-0.4, -0.2) is 11.4 Å². The average Bonchev–Trinajstić information content (AvgIpc) is 2.47. The molecule has 2 aromatic carbocycles. The first-order valence-electron chi connectivity index (χ1n) is 6.36.